The second-order valence-corrected chi connectivity index (χ2v) is 5.45. The van der Waals surface area contributed by atoms with Gasteiger partial charge in [-0.1, -0.05) is 30.7 Å². The fourth-order valence-corrected chi connectivity index (χ4v) is 2.22. The van der Waals surface area contributed by atoms with Crippen LogP contribution in [0, 0.1) is 0 Å². The summed E-state index contributed by atoms with van der Waals surface area (Å²) in [4.78, 5) is 16.0. The lowest BCUT2D eigenvalue weighted by molar-refractivity contribution is -0.123. The first-order valence-electron chi connectivity index (χ1n) is 7.35. The molecular formula is C17H19ClN2O3. The van der Waals surface area contributed by atoms with E-state index in [9.17, 15) is 4.79 Å². The van der Waals surface area contributed by atoms with Crippen molar-refractivity contribution in [2.75, 3.05) is 6.61 Å². The van der Waals surface area contributed by atoms with Crippen LogP contribution >= 0.6 is 11.6 Å². The summed E-state index contributed by atoms with van der Waals surface area (Å²) in [5, 5.41) is 12.5. The Morgan fingerprint density at radius 1 is 1.30 bits per heavy atom. The molecule has 1 unspecified atom stereocenters. The zero-order valence-electron chi connectivity index (χ0n) is 12.8. The van der Waals surface area contributed by atoms with Gasteiger partial charge in [0.1, 0.15) is 5.75 Å². The molecule has 2 rings (SSSR count). The SMILES string of the molecule is CCC(NC(=O)COc1ccc(CO)nc1)c1ccc(Cl)cc1. The lowest BCUT2D eigenvalue weighted by atomic mass is 10.0. The Morgan fingerprint density at radius 2 is 2.04 bits per heavy atom. The number of halogens is 1. The highest BCUT2D eigenvalue weighted by atomic mass is 35.5. The summed E-state index contributed by atoms with van der Waals surface area (Å²) in [6, 6.07) is 10.6. The van der Waals surface area contributed by atoms with Crippen molar-refractivity contribution in [2.45, 2.75) is 26.0 Å². The molecule has 0 radical (unpaired) electrons. The van der Waals surface area contributed by atoms with E-state index in [2.05, 4.69) is 10.3 Å². The molecule has 6 heteroatoms. The van der Waals surface area contributed by atoms with Crippen molar-refractivity contribution in [3.05, 3.63) is 58.9 Å². The maximum Gasteiger partial charge on any atom is 0.258 e. The van der Waals surface area contributed by atoms with Crippen molar-refractivity contribution >= 4 is 17.5 Å². The van der Waals surface area contributed by atoms with E-state index in [4.69, 9.17) is 21.4 Å². The minimum Gasteiger partial charge on any atom is -0.482 e. The number of ether oxygens (including phenoxy) is 1. The predicted octanol–water partition coefficient (Wildman–Crippen LogP) is 2.87. The van der Waals surface area contributed by atoms with Crippen molar-refractivity contribution in [3.8, 4) is 5.75 Å². The van der Waals surface area contributed by atoms with Gasteiger partial charge < -0.3 is 15.2 Å². The molecule has 122 valence electrons. The van der Waals surface area contributed by atoms with Gasteiger partial charge in [-0.15, -0.1) is 0 Å². The van der Waals surface area contributed by atoms with E-state index in [1.54, 1.807) is 24.3 Å². The zero-order chi connectivity index (χ0) is 16.7. The van der Waals surface area contributed by atoms with Gasteiger partial charge in [0.15, 0.2) is 6.61 Å². The van der Waals surface area contributed by atoms with Crippen molar-refractivity contribution in [3.63, 3.8) is 0 Å². The van der Waals surface area contributed by atoms with E-state index in [-0.39, 0.29) is 25.2 Å². The third-order valence-corrected chi connectivity index (χ3v) is 3.60. The Kier molecular flexibility index (Phi) is 6.38. The van der Waals surface area contributed by atoms with Crippen LogP contribution in [-0.4, -0.2) is 22.6 Å². The van der Waals surface area contributed by atoms with Gasteiger partial charge in [0.05, 0.1) is 24.5 Å². The first-order valence-corrected chi connectivity index (χ1v) is 7.73. The quantitative estimate of drug-likeness (QED) is 0.816. The third-order valence-electron chi connectivity index (χ3n) is 3.35. The fraction of sp³-hybridized carbons (Fsp3) is 0.294. The largest absolute Gasteiger partial charge is 0.482 e. The van der Waals surface area contributed by atoms with Crippen LogP contribution in [0.5, 0.6) is 5.75 Å². The normalized spacial score (nSPS) is 11.8. The molecule has 5 nitrogen and oxygen atoms in total. The van der Waals surface area contributed by atoms with Crippen LogP contribution in [-0.2, 0) is 11.4 Å². The average Bonchev–Trinajstić information content (AvgIpc) is 2.59. The predicted molar refractivity (Wildman–Crippen MR) is 88.3 cm³/mol. The monoisotopic (exact) mass is 334 g/mol. The van der Waals surface area contributed by atoms with Gasteiger partial charge in [0.2, 0.25) is 0 Å². The number of nitrogens with zero attached hydrogens (tertiary/aromatic N) is 1. The summed E-state index contributed by atoms with van der Waals surface area (Å²) in [5.41, 5.74) is 1.55. The van der Waals surface area contributed by atoms with Gasteiger partial charge in [0.25, 0.3) is 5.91 Å². The standard InChI is InChI=1S/C17H19ClN2O3/c1-2-16(12-3-5-13(18)6-4-12)20-17(22)11-23-15-8-7-14(10-21)19-9-15/h3-9,16,21H,2,10-11H2,1H3,(H,20,22). The van der Waals surface area contributed by atoms with Gasteiger partial charge in [0, 0.05) is 5.02 Å². The summed E-state index contributed by atoms with van der Waals surface area (Å²) < 4.78 is 5.39. The van der Waals surface area contributed by atoms with Gasteiger partial charge in [-0.3, -0.25) is 9.78 Å². The highest BCUT2D eigenvalue weighted by Gasteiger charge is 2.13. The molecule has 0 aliphatic carbocycles. The van der Waals surface area contributed by atoms with Gasteiger partial charge >= 0.3 is 0 Å². The second kappa shape index (κ2) is 8.50. The Balaban J connectivity index is 1.88. The topological polar surface area (TPSA) is 71.5 Å². The van der Waals surface area contributed by atoms with Gasteiger partial charge in [-0.2, -0.15) is 0 Å². The number of aliphatic hydroxyl groups is 1. The third kappa shape index (κ3) is 5.23. The van der Waals surface area contributed by atoms with Crippen LogP contribution in [0.2, 0.25) is 5.02 Å². The second-order valence-electron chi connectivity index (χ2n) is 5.01. The number of aromatic nitrogens is 1. The number of carbonyl (C=O) groups is 1. The minimum absolute atomic E-state index is 0.0849. The maximum atomic E-state index is 12.0. The van der Waals surface area contributed by atoms with Crippen molar-refractivity contribution in [1.29, 1.82) is 0 Å². The lowest BCUT2D eigenvalue weighted by Crippen LogP contribution is -2.32. The van der Waals surface area contributed by atoms with Crippen LogP contribution in [0.4, 0.5) is 0 Å². The van der Waals surface area contributed by atoms with Crippen LogP contribution in [0.15, 0.2) is 42.6 Å². The number of aliphatic hydroxyl groups excluding tert-OH is 1. The average molecular weight is 335 g/mol. The number of pyridine rings is 1. The van der Waals surface area contributed by atoms with Crippen molar-refractivity contribution in [1.82, 2.24) is 10.3 Å². The molecule has 1 aromatic carbocycles. The molecule has 0 aliphatic rings. The Labute approximate surface area is 140 Å². The highest BCUT2D eigenvalue weighted by molar-refractivity contribution is 6.30. The molecule has 1 aromatic heterocycles. The minimum atomic E-state index is -0.210. The van der Waals surface area contributed by atoms with Crippen LogP contribution in [0.1, 0.15) is 30.6 Å². The first-order chi connectivity index (χ1) is 11.1. The lowest BCUT2D eigenvalue weighted by Gasteiger charge is -2.17. The summed E-state index contributed by atoms with van der Waals surface area (Å²) in [5.74, 6) is 0.273. The van der Waals surface area contributed by atoms with E-state index < -0.39 is 0 Å². The number of nitrogens with one attached hydrogen (secondary N) is 1. The summed E-state index contributed by atoms with van der Waals surface area (Å²) in [7, 11) is 0. The molecule has 0 fully saturated rings. The number of hydrogen-bond donors (Lipinski definition) is 2. The molecule has 0 saturated heterocycles. The molecule has 23 heavy (non-hydrogen) atoms. The molecule has 1 atom stereocenters. The fourth-order valence-electron chi connectivity index (χ4n) is 2.09. The number of rotatable bonds is 7. The number of carbonyl (C=O) groups excluding carboxylic acids is 1. The van der Waals surface area contributed by atoms with E-state index in [1.807, 2.05) is 19.1 Å². The van der Waals surface area contributed by atoms with E-state index in [0.717, 1.165) is 12.0 Å². The van der Waals surface area contributed by atoms with E-state index in [0.29, 0.717) is 16.5 Å². The number of benzene rings is 1. The molecular weight excluding hydrogens is 316 g/mol. The summed E-state index contributed by atoms with van der Waals surface area (Å²) >= 11 is 5.88. The Hall–Kier alpha value is -2.11. The van der Waals surface area contributed by atoms with E-state index >= 15 is 0 Å². The van der Waals surface area contributed by atoms with Crippen LogP contribution in [0.25, 0.3) is 0 Å². The van der Waals surface area contributed by atoms with Gasteiger partial charge in [-0.25, -0.2) is 0 Å². The van der Waals surface area contributed by atoms with Gasteiger partial charge in [-0.05, 0) is 36.2 Å². The molecule has 0 saturated carbocycles. The number of hydrogen-bond acceptors (Lipinski definition) is 4. The molecule has 0 spiro atoms. The zero-order valence-corrected chi connectivity index (χ0v) is 13.6. The molecule has 1 amide bonds. The van der Waals surface area contributed by atoms with Crippen LogP contribution in [0.3, 0.4) is 0 Å². The van der Waals surface area contributed by atoms with Crippen molar-refractivity contribution in [2.24, 2.45) is 0 Å². The Bertz CT molecular complexity index is 629. The number of amides is 1. The molecule has 1 heterocycles. The summed E-state index contributed by atoms with van der Waals surface area (Å²) in [6.45, 7) is 1.78. The molecule has 2 N–H and O–H groups in total. The highest BCUT2D eigenvalue weighted by Crippen LogP contribution is 2.19. The van der Waals surface area contributed by atoms with E-state index in [1.165, 1.54) is 6.20 Å². The molecule has 2 aromatic rings. The Morgan fingerprint density at radius 3 is 2.61 bits per heavy atom. The summed E-state index contributed by atoms with van der Waals surface area (Å²) in [6.07, 6.45) is 2.25. The maximum absolute atomic E-state index is 12.0. The first kappa shape index (κ1) is 17.2. The van der Waals surface area contributed by atoms with Crippen molar-refractivity contribution < 1.29 is 14.6 Å². The molecule has 0 bridgehead atoms. The smallest absolute Gasteiger partial charge is 0.258 e. The molecule has 0 aliphatic heterocycles. The van der Waals surface area contributed by atoms with Crippen LogP contribution < -0.4 is 10.1 Å².